The smallest absolute Gasteiger partial charge is 0.255 e. The van der Waals surface area contributed by atoms with Gasteiger partial charge in [-0.25, -0.2) is 4.39 Å². The van der Waals surface area contributed by atoms with Gasteiger partial charge in [-0.2, -0.15) is 0 Å². The number of amides is 1. The standard InChI is InChI=1S/C13H7BrCl2FNO/c14-11-2-1-10(6-12(11)17)18-13(19)7-3-8(15)5-9(16)4-7/h1-6H,(H,18,19). The van der Waals surface area contributed by atoms with E-state index in [1.165, 1.54) is 30.3 Å². The fourth-order valence-electron chi connectivity index (χ4n) is 1.46. The van der Waals surface area contributed by atoms with E-state index in [9.17, 15) is 9.18 Å². The molecule has 0 heterocycles. The molecule has 0 aliphatic rings. The van der Waals surface area contributed by atoms with Crippen LogP contribution in [-0.4, -0.2) is 5.91 Å². The zero-order valence-corrected chi connectivity index (χ0v) is 12.5. The summed E-state index contributed by atoms with van der Waals surface area (Å²) in [6.07, 6.45) is 0. The van der Waals surface area contributed by atoms with E-state index in [0.29, 0.717) is 25.8 Å². The van der Waals surface area contributed by atoms with Crippen molar-refractivity contribution in [3.05, 3.63) is 62.3 Å². The molecule has 0 radical (unpaired) electrons. The second-order valence-electron chi connectivity index (χ2n) is 3.74. The molecule has 1 N–H and O–H groups in total. The Balaban J connectivity index is 2.22. The summed E-state index contributed by atoms with van der Waals surface area (Å²) in [7, 11) is 0. The van der Waals surface area contributed by atoms with Crippen molar-refractivity contribution in [2.75, 3.05) is 5.32 Å². The van der Waals surface area contributed by atoms with Crippen LogP contribution in [0, 0.1) is 5.82 Å². The molecular formula is C13H7BrCl2FNO. The number of hydrogen-bond donors (Lipinski definition) is 1. The van der Waals surface area contributed by atoms with Gasteiger partial charge in [-0.1, -0.05) is 23.2 Å². The van der Waals surface area contributed by atoms with E-state index in [1.54, 1.807) is 6.07 Å². The Bertz CT molecular complexity index is 628. The molecule has 0 aliphatic carbocycles. The van der Waals surface area contributed by atoms with E-state index in [-0.39, 0.29) is 0 Å². The van der Waals surface area contributed by atoms with Crippen LogP contribution in [0.15, 0.2) is 40.9 Å². The minimum atomic E-state index is -0.457. The van der Waals surface area contributed by atoms with Crippen molar-refractivity contribution in [1.29, 1.82) is 0 Å². The van der Waals surface area contributed by atoms with Gasteiger partial charge in [0.1, 0.15) is 5.82 Å². The van der Waals surface area contributed by atoms with Crippen molar-refractivity contribution in [3.63, 3.8) is 0 Å². The zero-order valence-electron chi connectivity index (χ0n) is 9.38. The first-order chi connectivity index (χ1) is 8.95. The molecule has 6 heteroatoms. The van der Waals surface area contributed by atoms with Crippen LogP contribution in [-0.2, 0) is 0 Å². The number of halogens is 4. The fourth-order valence-corrected chi connectivity index (χ4v) is 2.23. The van der Waals surface area contributed by atoms with Crippen LogP contribution in [0.2, 0.25) is 10.0 Å². The predicted octanol–water partition coefficient (Wildman–Crippen LogP) is 5.15. The first-order valence-electron chi connectivity index (χ1n) is 5.18. The maximum Gasteiger partial charge on any atom is 0.255 e. The number of anilines is 1. The molecule has 2 nitrogen and oxygen atoms in total. The van der Waals surface area contributed by atoms with E-state index in [4.69, 9.17) is 23.2 Å². The largest absolute Gasteiger partial charge is 0.322 e. The molecule has 2 rings (SSSR count). The Morgan fingerprint density at radius 2 is 1.74 bits per heavy atom. The number of benzene rings is 2. The minimum Gasteiger partial charge on any atom is -0.322 e. The molecule has 2 aromatic rings. The summed E-state index contributed by atoms with van der Waals surface area (Å²) in [5.74, 6) is -0.868. The van der Waals surface area contributed by atoms with Gasteiger partial charge in [0.25, 0.3) is 5.91 Å². The van der Waals surface area contributed by atoms with Crippen molar-refractivity contribution in [2.24, 2.45) is 0 Å². The van der Waals surface area contributed by atoms with Gasteiger partial charge in [-0.3, -0.25) is 4.79 Å². The van der Waals surface area contributed by atoms with E-state index < -0.39 is 11.7 Å². The van der Waals surface area contributed by atoms with E-state index >= 15 is 0 Å². The predicted molar refractivity (Wildman–Crippen MR) is 78.5 cm³/mol. The number of nitrogens with one attached hydrogen (secondary N) is 1. The monoisotopic (exact) mass is 361 g/mol. The van der Waals surface area contributed by atoms with Crippen LogP contribution < -0.4 is 5.32 Å². The van der Waals surface area contributed by atoms with Crippen LogP contribution in [0.3, 0.4) is 0 Å². The summed E-state index contributed by atoms with van der Waals surface area (Å²) < 4.78 is 13.6. The minimum absolute atomic E-state index is 0.306. The molecule has 98 valence electrons. The molecule has 0 spiro atoms. The average molecular weight is 363 g/mol. The van der Waals surface area contributed by atoms with Gasteiger partial charge in [0.05, 0.1) is 4.47 Å². The van der Waals surface area contributed by atoms with Crippen molar-refractivity contribution in [3.8, 4) is 0 Å². The molecule has 0 aromatic heterocycles. The fraction of sp³-hybridized carbons (Fsp3) is 0. The van der Waals surface area contributed by atoms with Gasteiger partial charge in [0, 0.05) is 21.3 Å². The summed E-state index contributed by atoms with van der Waals surface area (Å²) in [5.41, 5.74) is 0.655. The summed E-state index contributed by atoms with van der Waals surface area (Å²) in [6, 6.07) is 8.80. The van der Waals surface area contributed by atoms with E-state index in [2.05, 4.69) is 21.2 Å². The highest BCUT2D eigenvalue weighted by molar-refractivity contribution is 9.10. The van der Waals surface area contributed by atoms with Crippen molar-refractivity contribution < 1.29 is 9.18 Å². The van der Waals surface area contributed by atoms with Gasteiger partial charge in [0.2, 0.25) is 0 Å². The number of carbonyl (C=O) groups excluding carboxylic acids is 1. The molecule has 0 fully saturated rings. The van der Waals surface area contributed by atoms with Crippen LogP contribution in [0.25, 0.3) is 0 Å². The van der Waals surface area contributed by atoms with E-state index in [0.717, 1.165) is 0 Å². The molecule has 0 saturated heterocycles. The molecule has 0 unspecified atom stereocenters. The van der Waals surface area contributed by atoms with Crippen molar-refractivity contribution in [2.45, 2.75) is 0 Å². The normalized spacial score (nSPS) is 10.3. The Kier molecular flexibility index (Phi) is 4.45. The van der Waals surface area contributed by atoms with Gasteiger partial charge >= 0.3 is 0 Å². The number of rotatable bonds is 2. The number of carbonyl (C=O) groups is 1. The lowest BCUT2D eigenvalue weighted by Crippen LogP contribution is -2.12. The van der Waals surface area contributed by atoms with Crippen molar-refractivity contribution >= 4 is 50.7 Å². The molecule has 0 aliphatic heterocycles. The first kappa shape index (κ1) is 14.3. The third-order valence-electron chi connectivity index (χ3n) is 2.30. The van der Waals surface area contributed by atoms with Crippen LogP contribution in [0.1, 0.15) is 10.4 Å². The molecule has 0 saturated carbocycles. The Labute approximate surface area is 127 Å². The van der Waals surface area contributed by atoms with Crippen molar-refractivity contribution in [1.82, 2.24) is 0 Å². The van der Waals surface area contributed by atoms with Gasteiger partial charge < -0.3 is 5.32 Å². The maximum absolute atomic E-state index is 13.3. The van der Waals surface area contributed by atoms with Crippen LogP contribution >= 0.6 is 39.1 Å². The molecule has 0 atom stereocenters. The van der Waals surface area contributed by atoms with Crippen LogP contribution in [0.4, 0.5) is 10.1 Å². The van der Waals surface area contributed by atoms with Crippen LogP contribution in [0.5, 0.6) is 0 Å². The highest BCUT2D eigenvalue weighted by Gasteiger charge is 2.09. The topological polar surface area (TPSA) is 29.1 Å². The summed E-state index contributed by atoms with van der Waals surface area (Å²) in [6.45, 7) is 0. The lowest BCUT2D eigenvalue weighted by molar-refractivity contribution is 0.102. The highest BCUT2D eigenvalue weighted by atomic mass is 79.9. The quantitative estimate of drug-likeness (QED) is 0.786. The van der Waals surface area contributed by atoms with Gasteiger partial charge in [0.15, 0.2) is 0 Å². The molecule has 0 bridgehead atoms. The molecular weight excluding hydrogens is 356 g/mol. The van der Waals surface area contributed by atoms with Gasteiger partial charge in [-0.05, 0) is 52.3 Å². The van der Waals surface area contributed by atoms with Gasteiger partial charge in [-0.15, -0.1) is 0 Å². The second kappa shape index (κ2) is 5.90. The lowest BCUT2D eigenvalue weighted by Gasteiger charge is -2.07. The number of hydrogen-bond acceptors (Lipinski definition) is 1. The highest BCUT2D eigenvalue weighted by Crippen LogP contribution is 2.22. The summed E-state index contributed by atoms with van der Waals surface area (Å²) in [5, 5.41) is 3.29. The lowest BCUT2D eigenvalue weighted by atomic mass is 10.2. The first-order valence-corrected chi connectivity index (χ1v) is 6.73. The SMILES string of the molecule is O=C(Nc1ccc(Br)c(F)c1)c1cc(Cl)cc(Cl)c1. The Morgan fingerprint density at radius 1 is 1.11 bits per heavy atom. The third kappa shape index (κ3) is 3.69. The third-order valence-corrected chi connectivity index (χ3v) is 3.38. The maximum atomic E-state index is 13.3. The Morgan fingerprint density at radius 3 is 2.32 bits per heavy atom. The average Bonchev–Trinajstić information content (AvgIpc) is 2.32. The second-order valence-corrected chi connectivity index (χ2v) is 5.47. The molecule has 2 aromatic carbocycles. The van der Waals surface area contributed by atoms with E-state index in [1.807, 2.05) is 0 Å². The molecule has 1 amide bonds. The summed E-state index contributed by atoms with van der Waals surface area (Å²) >= 11 is 14.7. The molecule has 19 heavy (non-hydrogen) atoms. The Hall–Kier alpha value is -1.10. The zero-order chi connectivity index (χ0) is 14.0. The summed E-state index contributed by atoms with van der Waals surface area (Å²) in [4.78, 5) is 12.0.